The van der Waals surface area contributed by atoms with Crippen LogP contribution in [-0.4, -0.2) is 28.0 Å². The second kappa shape index (κ2) is 4.84. The zero-order valence-electron chi connectivity index (χ0n) is 9.24. The van der Waals surface area contributed by atoms with Crippen LogP contribution in [0.15, 0.2) is 18.6 Å². The average molecular weight is 208 g/mol. The molecule has 0 saturated carbocycles. The number of amides is 1. The highest BCUT2D eigenvalue weighted by atomic mass is 16.2. The first kappa shape index (κ1) is 11.6. The molecule has 0 aromatic carbocycles. The molecule has 0 spiro atoms. The lowest BCUT2D eigenvalue weighted by molar-refractivity contribution is -0.121. The van der Waals surface area contributed by atoms with Gasteiger partial charge in [-0.1, -0.05) is 6.92 Å². The van der Waals surface area contributed by atoms with Crippen molar-refractivity contribution in [2.45, 2.75) is 26.3 Å². The van der Waals surface area contributed by atoms with Crippen molar-refractivity contribution >= 4 is 11.7 Å². The summed E-state index contributed by atoms with van der Waals surface area (Å²) in [6.07, 6.45) is 4.61. The minimum absolute atomic E-state index is 0.121. The van der Waals surface area contributed by atoms with E-state index >= 15 is 0 Å². The van der Waals surface area contributed by atoms with Gasteiger partial charge in [-0.3, -0.25) is 9.78 Å². The number of carbonyl (C=O) groups is 1. The number of rotatable bonds is 4. The number of likely N-dealkylation sites (N-methyl/N-ethyl adjacent to an activating group) is 1. The molecule has 0 unspecified atom stereocenters. The van der Waals surface area contributed by atoms with Crippen LogP contribution in [0.2, 0.25) is 0 Å². The molecule has 0 atom stereocenters. The molecule has 0 saturated heterocycles. The van der Waals surface area contributed by atoms with Gasteiger partial charge in [-0.2, -0.15) is 0 Å². The Balaban J connectivity index is 2.63. The number of hydrogen-bond acceptors (Lipinski definition) is 4. The molecule has 1 aromatic heterocycles. The number of nitrogens with zero attached hydrogens (tertiary/aromatic N) is 2. The van der Waals surface area contributed by atoms with Crippen molar-refractivity contribution in [3.8, 4) is 0 Å². The maximum atomic E-state index is 11.8. The zero-order valence-corrected chi connectivity index (χ0v) is 9.24. The summed E-state index contributed by atoms with van der Waals surface area (Å²) in [6, 6.07) is 0. The van der Waals surface area contributed by atoms with Gasteiger partial charge in [0.15, 0.2) is 5.82 Å². The van der Waals surface area contributed by atoms with E-state index in [-0.39, 0.29) is 5.91 Å². The molecule has 0 radical (unpaired) electrons. The molecule has 0 aliphatic carbocycles. The van der Waals surface area contributed by atoms with Crippen LogP contribution < -0.4 is 10.6 Å². The molecule has 82 valence electrons. The molecule has 1 amide bonds. The van der Waals surface area contributed by atoms with Gasteiger partial charge in [0.2, 0.25) is 5.91 Å². The summed E-state index contributed by atoms with van der Waals surface area (Å²) in [7, 11) is 0. The van der Waals surface area contributed by atoms with Gasteiger partial charge in [0.25, 0.3) is 0 Å². The first-order valence-electron chi connectivity index (χ1n) is 4.88. The predicted molar refractivity (Wildman–Crippen MR) is 58.4 cm³/mol. The van der Waals surface area contributed by atoms with Crippen molar-refractivity contribution in [2.24, 2.45) is 0 Å². The molecule has 0 fully saturated rings. The van der Waals surface area contributed by atoms with Gasteiger partial charge >= 0.3 is 0 Å². The van der Waals surface area contributed by atoms with E-state index in [0.717, 1.165) is 6.54 Å². The van der Waals surface area contributed by atoms with Crippen LogP contribution in [0.4, 0.5) is 5.82 Å². The van der Waals surface area contributed by atoms with Crippen molar-refractivity contribution in [3.05, 3.63) is 18.6 Å². The van der Waals surface area contributed by atoms with E-state index in [1.54, 1.807) is 6.20 Å². The maximum absolute atomic E-state index is 11.8. The highest BCUT2D eigenvalue weighted by Crippen LogP contribution is 2.06. The van der Waals surface area contributed by atoms with Crippen molar-refractivity contribution in [2.75, 3.05) is 11.9 Å². The molecule has 5 nitrogen and oxygen atoms in total. The Morgan fingerprint density at radius 1 is 1.47 bits per heavy atom. The molecule has 0 aliphatic rings. The van der Waals surface area contributed by atoms with Gasteiger partial charge in [0.1, 0.15) is 0 Å². The van der Waals surface area contributed by atoms with Crippen LogP contribution in [0.5, 0.6) is 0 Å². The smallest absolute Gasteiger partial charge is 0.245 e. The van der Waals surface area contributed by atoms with E-state index in [1.165, 1.54) is 12.4 Å². The van der Waals surface area contributed by atoms with Crippen LogP contribution in [0.3, 0.4) is 0 Å². The lowest BCUT2D eigenvalue weighted by atomic mass is 10.1. The summed E-state index contributed by atoms with van der Waals surface area (Å²) in [4.78, 5) is 19.6. The third kappa shape index (κ3) is 3.28. The number of carbonyl (C=O) groups excluding carboxylic acids is 1. The maximum Gasteiger partial charge on any atom is 0.245 e. The Morgan fingerprint density at radius 3 is 2.73 bits per heavy atom. The Kier molecular flexibility index (Phi) is 3.74. The van der Waals surface area contributed by atoms with Crippen molar-refractivity contribution in [1.82, 2.24) is 15.3 Å². The highest BCUT2D eigenvalue weighted by molar-refractivity contribution is 5.96. The summed E-state index contributed by atoms with van der Waals surface area (Å²) in [5, 5.41) is 5.77. The second-order valence-electron chi connectivity index (χ2n) is 3.70. The molecule has 0 aliphatic heterocycles. The van der Waals surface area contributed by atoms with Crippen molar-refractivity contribution in [1.29, 1.82) is 0 Å². The summed E-state index contributed by atoms with van der Waals surface area (Å²) >= 11 is 0. The van der Waals surface area contributed by atoms with Gasteiger partial charge in [-0.15, -0.1) is 0 Å². The summed E-state index contributed by atoms with van der Waals surface area (Å²) in [6.45, 7) is 6.34. The van der Waals surface area contributed by atoms with E-state index < -0.39 is 5.54 Å². The quantitative estimate of drug-likeness (QED) is 0.768. The normalized spacial score (nSPS) is 11.1. The van der Waals surface area contributed by atoms with Crippen LogP contribution >= 0.6 is 0 Å². The number of anilines is 1. The molecule has 0 bridgehead atoms. The Bertz CT molecular complexity index is 323. The van der Waals surface area contributed by atoms with Gasteiger partial charge < -0.3 is 10.6 Å². The highest BCUT2D eigenvalue weighted by Gasteiger charge is 2.26. The molecular weight excluding hydrogens is 192 g/mol. The average Bonchev–Trinajstić information content (AvgIpc) is 2.19. The van der Waals surface area contributed by atoms with Crippen LogP contribution in [0.1, 0.15) is 20.8 Å². The van der Waals surface area contributed by atoms with Crippen LogP contribution in [0.25, 0.3) is 0 Å². The summed E-state index contributed by atoms with van der Waals surface area (Å²) < 4.78 is 0. The fourth-order valence-corrected chi connectivity index (χ4v) is 1.16. The minimum Gasteiger partial charge on any atom is -0.308 e. The summed E-state index contributed by atoms with van der Waals surface area (Å²) in [5.74, 6) is 0.346. The van der Waals surface area contributed by atoms with E-state index in [1.807, 2.05) is 20.8 Å². The molecule has 1 aromatic rings. The predicted octanol–water partition coefficient (Wildman–Crippen LogP) is 0.803. The van der Waals surface area contributed by atoms with E-state index in [2.05, 4.69) is 20.6 Å². The fourth-order valence-electron chi connectivity index (χ4n) is 1.16. The zero-order chi connectivity index (χ0) is 11.3. The third-order valence-electron chi connectivity index (χ3n) is 1.99. The van der Waals surface area contributed by atoms with E-state index in [9.17, 15) is 4.79 Å². The molecule has 1 rings (SSSR count). The SMILES string of the molecule is CCNC(C)(C)C(=O)Nc1cnccn1. The summed E-state index contributed by atoms with van der Waals surface area (Å²) in [5.41, 5.74) is -0.605. The van der Waals surface area contributed by atoms with Gasteiger partial charge in [0, 0.05) is 12.4 Å². The fraction of sp³-hybridized carbons (Fsp3) is 0.500. The standard InChI is InChI=1S/C10H16N4O/c1-4-13-10(2,3)9(15)14-8-7-11-5-6-12-8/h5-7,13H,4H2,1-3H3,(H,12,14,15). The first-order valence-corrected chi connectivity index (χ1v) is 4.88. The van der Waals surface area contributed by atoms with Gasteiger partial charge in [-0.25, -0.2) is 4.98 Å². The topological polar surface area (TPSA) is 66.9 Å². The number of hydrogen-bond donors (Lipinski definition) is 2. The second-order valence-corrected chi connectivity index (χ2v) is 3.70. The third-order valence-corrected chi connectivity index (χ3v) is 1.99. The number of nitrogens with one attached hydrogen (secondary N) is 2. The minimum atomic E-state index is -0.605. The monoisotopic (exact) mass is 208 g/mol. The largest absolute Gasteiger partial charge is 0.308 e. The number of aromatic nitrogens is 2. The first-order chi connectivity index (χ1) is 7.06. The van der Waals surface area contributed by atoms with Crippen LogP contribution in [0, 0.1) is 0 Å². The Hall–Kier alpha value is -1.49. The van der Waals surface area contributed by atoms with Crippen molar-refractivity contribution < 1.29 is 4.79 Å². The lowest BCUT2D eigenvalue weighted by Gasteiger charge is -2.23. The molecule has 15 heavy (non-hydrogen) atoms. The lowest BCUT2D eigenvalue weighted by Crippen LogP contribution is -2.49. The van der Waals surface area contributed by atoms with Crippen LogP contribution in [-0.2, 0) is 4.79 Å². The molecule has 1 heterocycles. The van der Waals surface area contributed by atoms with Gasteiger partial charge in [0.05, 0.1) is 11.7 Å². The molecular formula is C10H16N4O. The Labute approximate surface area is 89.3 Å². The Morgan fingerprint density at radius 2 is 2.20 bits per heavy atom. The van der Waals surface area contributed by atoms with E-state index in [4.69, 9.17) is 0 Å². The molecule has 2 N–H and O–H groups in total. The van der Waals surface area contributed by atoms with Gasteiger partial charge in [-0.05, 0) is 20.4 Å². The van der Waals surface area contributed by atoms with E-state index in [0.29, 0.717) is 5.82 Å². The van der Waals surface area contributed by atoms with Crippen molar-refractivity contribution in [3.63, 3.8) is 0 Å². The molecule has 5 heteroatoms.